The third-order valence-corrected chi connectivity index (χ3v) is 4.28. The summed E-state index contributed by atoms with van der Waals surface area (Å²) in [5.41, 5.74) is 4.09. The van der Waals surface area contributed by atoms with E-state index >= 15 is 0 Å². The normalized spacial score (nSPS) is 11.2. The molecule has 2 aromatic carbocycles. The van der Waals surface area contributed by atoms with E-state index in [0.29, 0.717) is 5.69 Å². The SMILES string of the molecule is Cc1cc(I)ccc1NC(=O)/C(C#N)=C\Nc1ccc2nc[nH]c2c1. The molecule has 0 saturated carbocycles. The number of aryl methyl sites for hydroxylation is 1. The van der Waals surface area contributed by atoms with Crippen molar-refractivity contribution < 1.29 is 4.79 Å². The second-order valence-corrected chi connectivity index (χ2v) is 6.61. The van der Waals surface area contributed by atoms with E-state index in [1.165, 1.54) is 6.20 Å². The first-order valence-corrected chi connectivity index (χ1v) is 8.52. The summed E-state index contributed by atoms with van der Waals surface area (Å²) >= 11 is 2.21. The fourth-order valence-electron chi connectivity index (χ4n) is 2.29. The number of aromatic nitrogens is 2. The number of nitriles is 1. The molecule has 3 aromatic rings. The second kappa shape index (κ2) is 7.36. The Morgan fingerprint density at radius 1 is 1.32 bits per heavy atom. The third kappa shape index (κ3) is 3.97. The van der Waals surface area contributed by atoms with Crippen LogP contribution in [0.5, 0.6) is 0 Å². The Kier molecular flexibility index (Phi) is 5.00. The Morgan fingerprint density at radius 3 is 2.92 bits per heavy atom. The zero-order valence-corrected chi connectivity index (χ0v) is 15.5. The Hall–Kier alpha value is -2.86. The van der Waals surface area contributed by atoms with Gasteiger partial charge in [-0.1, -0.05) is 0 Å². The number of hydrogen-bond acceptors (Lipinski definition) is 4. The van der Waals surface area contributed by atoms with Crippen LogP contribution in [-0.2, 0) is 4.79 Å². The van der Waals surface area contributed by atoms with Gasteiger partial charge in [0.05, 0.1) is 17.4 Å². The molecule has 3 rings (SSSR count). The fraction of sp³-hybridized carbons (Fsp3) is 0.0556. The minimum absolute atomic E-state index is 0.0114. The molecule has 0 spiro atoms. The number of fused-ring (bicyclic) bond motifs is 1. The van der Waals surface area contributed by atoms with Crippen molar-refractivity contribution in [3.63, 3.8) is 0 Å². The number of benzene rings is 2. The second-order valence-electron chi connectivity index (χ2n) is 5.36. The molecular formula is C18H14IN5O. The molecule has 1 aromatic heterocycles. The molecule has 6 nitrogen and oxygen atoms in total. The number of aromatic amines is 1. The van der Waals surface area contributed by atoms with Crippen molar-refractivity contribution in [3.05, 3.63) is 63.6 Å². The van der Waals surface area contributed by atoms with Crippen LogP contribution in [0.25, 0.3) is 11.0 Å². The van der Waals surface area contributed by atoms with Crippen molar-refractivity contribution in [2.24, 2.45) is 0 Å². The molecule has 7 heteroatoms. The molecule has 0 aliphatic rings. The monoisotopic (exact) mass is 443 g/mol. The van der Waals surface area contributed by atoms with E-state index in [2.05, 4.69) is 43.2 Å². The Labute approximate surface area is 158 Å². The van der Waals surface area contributed by atoms with Crippen LogP contribution in [0.4, 0.5) is 11.4 Å². The molecule has 1 heterocycles. The molecule has 0 aliphatic carbocycles. The summed E-state index contributed by atoms with van der Waals surface area (Å²) in [6, 6.07) is 13.1. The van der Waals surface area contributed by atoms with Gasteiger partial charge in [-0.25, -0.2) is 4.98 Å². The zero-order chi connectivity index (χ0) is 17.8. The molecule has 25 heavy (non-hydrogen) atoms. The molecule has 0 bridgehead atoms. The number of hydrogen-bond donors (Lipinski definition) is 3. The lowest BCUT2D eigenvalue weighted by Gasteiger charge is -2.08. The number of anilines is 2. The topological polar surface area (TPSA) is 93.6 Å². The van der Waals surface area contributed by atoms with E-state index in [1.54, 1.807) is 6.33 Å². The van der Waals surface area contributed by atoms with Gasteiger partial charge in [-0.3, -0.25) is 4.79 Å². The molecular weight excluding hydrogens is 429 g/mol. The van der Waals surface area contributed by atoms with Gasteiger partial charge in [0.15, 0.2) is 0 Å². The van der Waals surface area contributed by atoms with Crippen LogP contribution in [0.15, 0.2) is 54.5 Å². The van der Waals surface area contributed by atoms with Gasteiger partial charge < -0.3 is 15.6 Å². The molecule has 0 atom stereocenters. The van der Waals surface area contributed by atoms with Crippen molar-refractivity contribution in [1.82, 2.24) is 9.97 Å². The van der Waals surface area contributed by atoms with Gasteiger partial charge in [0, 0.05) is 21.1 Å². The lowest BCUT2D eigenvalue weighted by atomic mass is 10.2. The Bertz CT molecular complexity index is 1020. The average molecular weight is 443 g/mol. The van der Waals surface area contributed by atoms with Crippen LogP contribution in [-0.4, -0.2) is 15.9 Å². The highest BCUT2D eigenvalue weighted by Crippen LogP contribution is 2.19. The van der Waals surface area contributed by atoms with Crippen molar-refractivity contribution in [2.45, 2.75) is 6.92 Å². The van der Waals surface area contributed by atoms with E-state index in [4.69, 9.17) is 0 Å². The summed E-state index contributed by atoms with van der Waals surface area (Å²) in [6.45, 7) is 1.91. The van der Waals surface area contributed by atoms with Crippen LogP contribution in [0, 0.1) is 21.8 Å². The van der Waals surface area contributed by atoms with Crippen LogP contribution in [0.2, 0.25) is 0 Å². The molecule has 0 radical (unpaired) electrons. The number of imidazole rings is 1. The molecule has 0 fully saturated rings. The first-order chi connectivity index (χ1) is 12.1. The molecule has 0 aliphatic heterocycles. The van der Waals surface area contributed by atoms with Gasteiger partial charge >= 0.3 is 0 Å². The largest absolute Gasteiger partial charge is 0.360 e. The summed E-state index contributed by atoms with van der Waals surface area (Å²) in [6.07, 6.45) is 3.01. The number of amides is 1. The van der Waals surface area contributed by atoms with Gasteiger partial charge in [-0.05, 0) is 71.5 Å². The standard InChI is InChI=1S/C18H14IN5O/c1-11-6-13(19)2-4-15(11)24-18(25)12(8-20)9-21-14-3-5-16-17(7-14)23-10-22-16/h2-7,9-10,21H,1H3,(H,22,23)(H,24,25)/b12-9-. The lowest BCUT2D eigenvalue weighted by molar-refractivity contribution is -0.112. The van der Waals surface area contributed by atoms with Gasteiger partial charge in [0.1, 0.15) is 11.6 Å². The smallest absolute Gasteiger partial charge is 0.267 e. The lowest BCUT2D eigenvalue weighted by Crippen LogP contribution is -2.15. The van der Waals surface area contributed by atoms with Crippen molar-refractivity contribution >= 4 is 50.9 Å². The maximum absolute atomic E-state index is 12.3. The predicted molar refractivity (Wildman–Crippen MR) is 106 cm³/mol. The minimum Gasteiger partial charge on any atom is -0.360 e. The van der Waals surface area contributed by atoms with E-state index in [9.17, 15) is 10.1 Å². The quantitative estimate of drug-likeness (QED) is 0.324. The summed E-state index contributed by atoms with van der Waals surface area (Å²) in [7, 11) is 0. The molecule has 0 saturated heterocycles. The maximum Gasteiger partial charge on any atom is 0.267 e. The number of nitrogens with one attached hydrogen (secondary N) is 3. The fourth-order valence-corrected chi connectivity index (χ4v) is 2.93. The highest BCUT2D eigenvalue weighted by atomic mass is 127. The highest BCUT2D eigenvalue weighted by molar-refractivity contribution is 14.1. The number of H-pyrrole nitrogens is 1. The summed E-state index contributed by atoms with van der Waals surface area (Å²) in [5.74, 6) is -0.457. The van der Waals surface area contributed by atoms with Crippen molar-refractivity contribution in [3.8, 4) is 6.07 Å². The van der Waals surface area contributed by atoms with Crippen molar-refractivity contribution in [1.29, 1.82) is 5.26 Å². The first kappa shape index (κ1) is 17.0. The van der Waals surface area contributed by atoms with Gasteiger partial charge in [-0.15, -0.1) is 0 Å². The predicted octanol–water partition coefficient (Wildman–Crippen LogP) is 3.93. The van der Waals surface area contributed by atoms with Crippen molar-refractivity contribution in [2.75, 3.05) is 10.6 Å². The maximum atomic E-state index is 12.3. The number of carbonyl (C=O) groups excluding carboxylic acids is 1. The van der Waals surface area contributed by atoms with Gasteiger partial charge in [0.25, 0.3) is 5.91 Å². The van der Waals surface area contributed by atoms with Crippen LogP contribution >= 0.6 is 22.6 Å². The summed E-state index contributed by atoms with van der Waals surface area (Å²) in [5, 5.41) is 15.0. The Balaban J connectivity index is 1.75. The van der Waals surface area contributed by atoms with E-state index in [-0.39, 0.29) is 5.57 Å². The van der Waals surface area contributed by atoms with Crippen LogP contribution in [0.3, 0.4) is 0 Å². The highest BCUT2D eigenvalue weighted by Gasteiger charge is 2.11. The average Bonchev–Trinajstić information content (AvgIpc) is 3.05. The van der Waals surface area contributed by atoms with Gasteiger partial charge in [0.2, 0.25) is 0 Å². The molecule has 124 valence electrons. The van der Waals surface area contributed by atoms with E-state index in [0.717, 1.165) is 25.9 Å². The molecule has 1 amide bonds. The summed E-state index contributed by atoms with van der Waals surface area (Å²) < 4.78 is 1.08. The zero-order valence-electron chi connectivity index (χ0n) is 13.3. The number of halogens is 1. The van der Waals surface area contributed by atoms with Crippen LogP contribution < -0.4 is 10.6 Å². The number of nitrogens with zero attached hydrogens (tertiary/aromatic N) is 2. The number of rotatable bonds is 4. The number of carbonyl (C=O) groups is 1. The van der Waals surface area contributed by atoms with Crippen LogP contribution in [0.1, 0.15) is 5.56 Å². The Morgan fingerprint density at radius 2 is 2.16 bits per heavy atom. The minimum atomic E-state index is -0.457. The summed E-state index contributed by atoms with van der Waals surface area (Å²) in [4.78, 5) is 19.5. The molecule has 0 unspecified atom stereocenters. The molecule has 3 N–H and O–H groups in total. The van der Waals surface area contributed by atoms with Gasteiger partial charge in [-0.2, -0.15) is 5.26 Å². The van der Waals surface area contributed by atoms with E-state index in [1.807, 2.05) is 49.4 Å². The third-order valence-electron chi connectivity index (χ3n) is 3.61. The van der Waals surface area contributed by atoms with E-state index < -0.39 is 5.91 Å². The first-order valence-electron chi connectivity index (χ1n) is 7.44.